The van der Waals surface area contributed by atoms with Crippen molar-refractivity contribution in [3.8, 4) is 5.75 Å². The predicted octanol–water partition coefficient (Wildman–Crippen LogP) is 0.425. The molecule has 24 heavy (non-hydrogen) atoms. The number of oxime groups is 1. The highest BCUT2D eigenvalue weighted by Crippen LogP contribution is 2.11. The number of hydrogen-bond donors (Lipinski definition) is 2. The minimum absolute atomic E-state index is 0.175. The van der Waals surface area contributed by atoms with E-state index in [0.29, 0.717) is 12.1 Å². The zero-order chi connectivity index (χ0) is 17.4. The molecule has 3 N–H and O–H groups in total. The molecule has 2 aromatic rings. The summed E-state index contributed by atoms with van der Waals surface area (Å²) in [4.78, 5) is 16.6. The van der Waals surface area contributed by atoms with Crippen LogP contribution in [-0.4, -0.2) is 41.8 Å². The molecule has 2 rings (SSSR count). The largest absolute Gasteiger partial charge is 0.497 e. The third kappa shape index (κ3) is 5.31. The van der Waals surface area contributed by atoms with Gasteiger partial charge in [0.05, 0.1) is 18.9 Å². The summed E-state index contributed by atoms with van der Waals surface area (Å²) in [6, 6.07) is 7.69. The molecule has 0 bridgehead atoms. The maximum Gasteiger partial charge on any atom is 0.260 e. The smallest absolute Gasteiger partial charge is 0.260 e. The number of aromatic nitrogens is 2. The molecule has 0 aliphatic carbocycles. The molecule has 0 saturated heterocycles. The second kappa shape index (κ2) is 8.56. The molecule has 0 radical (unpaired) electrons. The number of aryl methyl sites for hydroxylation is 1. The molecular weight excluding hydrogens is 310 g/mol. The van der Waals surface area contributed by atoms with E-state index in [4.69, 9.17) is 15.3 Å². The van der Waals surface area contributed by atoms with Gasteiger partial charge in [-0.05, 0) is 24.1 Å². The minimum atomic E-state index is -0.258. The molecule has 0 fully saturated rings. The highest BCUT2D eigenvalue weighted by molar-refractivity contribution is 5.96. The Labute approximate surface area is 140 Å². The lowest BCUT2D eigenvalue weighted by atomic mass is 10.1. The summed E-state index contributed by atoms with van der Waals surface area (Å²) in [5, 5.41) is 10.4. The number of methoxy groups -OCH3 is 1. The summed E-state index contributed by atoms with van der Waals surface area (Å²) in [7, 11) is 3.40. The lowest BCUT2D eigenvalue weighted by Gasteiger charge is -2.06. The Morgan fingerprint density at radius 3 is 2.75 bits per heavy atom. The zero-order valence-electron chi connectivity index (χ0n) is 13.7. The van der Waals surface area contributed by atoms with Crippen molar-refractivity contribution in [2.75, 3.05) is 20.3 Å². The Hall–Kier alpha value is -3.03. The second-order valence-electron chi connectivity index (χ2n) is 5.10. The van der Waals surface area contributed by atoms with Crippen LogP contribution in [0, 0.1) is 0 Å². The number of carbonyl (C=O) groups excluding carboxylic acids is 1. The van der Waals surface area contributed by atoms with Crippen LogP contribution in [0.3, 0.4) is 0 Å². The molecule has 0 spiro atoms. The number of hydrogen-bond acceptors (Lipinski definition) is 5. The third-order valence-electron chi connectivity index (χ3n) is 3.25. The van der Waals surface area contributed by atoms with Gasteiger partial charge < -0.3 is 20.6 Å². The van der Waals surface area contributed by atoms with E-state index in [1.54, 1.807) is 31.2 Å². The summed E-state index contributed by atoms with van der Waals surface area (Å²) < 4.78 is 6.70. The molecule has 1 amide bonds. The molecular formula is C16H21N5O3. The normalized spacial score (nSPS) is 11.2. The molecule has 0 aliphatic heterocycles. The second-order valence-corrected chi connectivity index (χ2v) is 5.10. The number of amidine groups is 1. The summed E-state index contributed by atoms with van der Waals surface area (Å²) >= 11 is 0. The van der Waals surface area contributed by atoms with Crippen molar-refractivity contribution >= 4 is 11.7 Å². The standard InChI is InChI=1S/C16H21N5O3/c1-21-10-13(9-19-21)16(17)20-24-11-15(22)18-8-7-12-3-5-14(23-2)6-4-12/h3-6,9-10H,7-8,11H2,1-2H3,(H2,17,20)(H,18,22). The van der Waals surface area contributed by atoms with Crippen LogP contribution in [0.15, 0.2) is 41.8 Å². The third-order valence-corrected chi connectivity index (χ3v) is 3.25. The zero-order valence-corrected chi connectivity index (χ0v) is 13.7. The van der Waals surface area contributed by atoms with Crippen molar-refractivity contribution in [1.29, 1.82) is 0 Å². The summed E-state index contributed by atoms with van der Waals surface area (Å²) in [6.07, 6.45) is 3.99. The molecule has 0 unspecified atom stereocenters. The van der Waals surface area contributed by atoms with E-state index in [1.165, 1.54) is 0 Å². The van der Waals surface area contributed by atoms with Crippen molar-refractivity contribution in [2.24, 2.45) is 17.9 Å². The highest BCUT2D eigenvalue weighted by Gasteiger charge is 2.04. The van der Waals surface area contributed by atoms with Crippen molar-refractivity contribution in [3.05, 3.63) is 47.8 Å². The van der Waals surface area contributed by atoms with E-state index in [1.807, 2.05) is 24.3 Å². The van der Waals surface area contributed by atoms with Gasteiger partial charge >= 0.3 is 0 Å². The van der Waals surface area contributed by atoms with Gasteiger partial charge in [0.2, 0.25) is 0 Å². The fourth-order valence-electron chi connectivity index (χ4n) is 1.96. The molecule has 0 atom stereocenters. The lowest BCUT2D eigenvalue weighted by Crippen LogP contribution is -2.29. The Morgan fingerprint density at radius 1 is 1.38 bits per heavy atom. The number of nitrogens with one attached hydrogen (secondary N) is 1. The number of nitrogens with two attached hydrogens (primary N) is 1. The van der Waals surface area contributed by atoms with Crippen LogP contribution in [-0.2, 0) is 23.1 Å². The molecule has 1 aromatic heterocycles. The van der Waals surface area contributed by atoms with E-state index in [9.17, 15) is 4.79 Å². The number of nitrogens with zero attached hydrogens (tertiary/aromatic N) is 3. The Bertz CT molecular complexity index is 694. The van der Waals surface area contributed by atoms with Crippen LogP contribution in [0.5, 0.6) is 5.75 Å². The average Bonchev–Trinajstić information content (AvgIpc) is 3.02. The fourth-order valence-corrected chi connectivity index (χ4v) is 1.96. The first kappa shape index (κ1) is 17.3. The van der Waals surface area contributed by atoms with Crippen LogP contribution in [0.2, 0.25) is 0 Å². The van der Waals surface area contributed by atoms with E-state index >= 15 is 0 Å². The van der Waals surface area contributed by atoms with Gasteiger partial charge in [0.25, 0.3) is 5.91 Å². The highest BCUT2D eigenvalue weighted by atomic mass is 16.6. The number of benzene rings is 1. The minimum Gasteiger partial charge on any atom is -0.497 e. The Balaban J connectivity index is 1.67. The predicted molar refractivity (Wildman–Crippen MR) is 89.6 cm³/mol. The van der Waals surface area contributed by atoms with Gasteiger partial charge in [0.1, 0.15) is 5.75 Å². The molecule has 128 valence electrons. The Kier molecular flexibility index (Phi) is 6.18. The maximum atomic E-state index is 11.7. The molecule has 8 nitrogen and oxygen atoms in total. The molecule has 0 saturated carbocycles. The first-order valence-corrected chi connectivity index (χ1v) is 7.42. The molecule has 1 aromatic carbocycles. The molecule has 0 aliphatic rings. The van der Waals surface area contributed by atoms with Crippen molar-refractivity contribution in [1.82, 2.24) is 15.1 Å². The summed E-state index contributed by atoms with van der Waals surface area (Å²) in [5.74, 6) is 0.723. The van der Waals surface area contributed by atoms with Crippen LogP contribution >= 0.6 is 0 Å². The number of rotatable bonds is 8. The van der Waals surface area contributed by atoms with E-state index in [2.05, 4.69) is 15.6 Å². The van der Waals surface area contributed by atoms with Crippen LogP contribution in [0.4, 0.5) is 0 Å². The van der Waals surface area contributed by atoms with Gasteiger partial charge in [0, 0.05) is 19.8 Å². The fraction of sp³-hybridized carbons (Fsp3) is 0.312. The van der Waals surface area contributed by atoms with E-state index in [0.717, 1.165) is 17.7 Å². The number of ether oxygens (including phenoxy) is 1. The summed E-state index contributed by atoms with van der Waals surface area (Å²) in [6.45, 7) is 0.319. The van der Waals surface area contributed by atoms with Crippen LogP contribution in [0.1, 0.15) is 11.1 Å². The van der Waals surface area contributed by atoms with Crippen molar-refractivity contribution in [3.63, 3.8) is 0 Å². The quantitative estimate of drug-likeness (QED) is 0.415. The van der Waals surface area contributed by atoms with Gasteiger partial charge in [-0.2, -0.15) is 5.10 Å². The molecule has 1 heterocycles. The van der Waals surface area contributed by atoms with Crippen molar-refractivity contribution < 1.29 is 14.4 Å². The average molecular weight is 331 g/mol. The maximum absolute atomic E-state index is 11.7. The SMILES string of the molecule is COc1ccc(CCNC(=O)CO/N=C(/N)c2cnn(C)c2)cc1. The van der Waals surface area contributed by atoms with Gasteiger partial charge in [0.15, 0.2) is 12.4 Å². The lowest BCUT2D eigenvalue weighted by molar-refractivity contribution is -0.125. The van der Waals surface area contributed by atoms with Gasteiger partial charge in [-0.25, -0.2) is 0 Å². The van der Waals surface area contributed by atoms with E-state index < -0.39 is 0 Å². The first-order valence-electron chi connectivity index (χ1n) is 7.42. The first-order chi connectivity index (χ1) is 11.6. The number of amides is 1. The summed E-state index contributed by atoms with van der Waals surface area (Å²) in [5.41, 5.74) is 7.47. The number of carbonyl (C=O) groups is 1. The monoisotopic (exact) mass is 331 g/mol. The van der Waals surface area contributed by atoms with Gasteiger partial charge in [-0.3, -0.25) is 9.48 Å². The topological polar surface area (TPSA) is 104 Å². The Morgan fingerprint density at radius 2 is 2.12 bits per heavy atom. The van der Waals surface area contributed by atoms with Crippen molar-refractivity contribution in [2.45, 2.75) is 6.42 Å². The van der Waals surface area contributed by atoms with Gasteiger partial charge in [-0.15, -0.1) is 0 Å². The van der Waals surface area contributed by atoms with Gasteiger partial charge in [-0.1, -0.05) is 17.3 Å². The van der Waals surface area contributed by atoms with Crippen LogP contribution < -0.4 is 15.8 Å². The van der Waals surface area contributed by atoms with E-state index in [-0.39, 0.29) is 18.3 Å². The molecule has 8 heteroatoms. The van der Waals surface area contributed by atoms with Crippen LogP contribution in [0.25, 0.3) is 0 Å².